The Morgan fingerprint density at radius 1 is 1.11 bits per heavy atom. The lowest BCUT2D eigenvalue weighted by Crippen LogP contribution is -2.28. The van der Waals surface area contributed by atoms with Crippen LogP contribution < -0.4 is 16.2 Å². The molecular weight excluding hydrogens is 371 g/mol. The molecule has 3 aromatic rings. The van der Waals surface area contributed by atoms with Gasteiger partial charge in [-0.3, -0.25) is 14.7 Å². The maximum absolute atomic E-state index is 13.2. The van der Waals surface area contributed by atoms with Gasteiger partial charge in [0.05, 0.1) is 5.02 Å². The summed E-state index contributed by atoms with van der Waals surface area (Å²) in [4.78, 5) is 28.7. The zero-order valence-electron chi connectivity index (χ0n) is 14.6. The topological polar surface area (TPSA) is 76.0 Å². The number of halogens is 2. The molecule has 138 valence electrons. The van der Waals surface area contributed by atoms with Crippen molar-refractivity contribution in [2.75, 3.05) is 10.6 Å². The van der Waals surface area contributed by atoms with Gasteiger partial charge in [-0.05, 0) is 55.3 Å². The number of nitrogens with one attached hydrogen (secondary N) is 2. The van der Waals surface area contributed by atoms with Crippen LogP contribution >= 0.6 is 11.6 Å². The molecule has 0 bridgehead atoms. The summed E-state index contributed by atoms with van der Waals surface area (Å²) in [5.41, 5.74) is 2.50. The van der Waals surface area contributed by atoms with Crippen molar-refractivity contribution in [1.82, 2.24) is 9.55 Å². The van der Waals surface area contributed by atoms with Crippen molar-refractivity contribution >= 4 is 29.1 Å². The second-order valence-electron chi connectivity index (χ2n) is 6.00. The second kappa shape index (κ2) is 7.59. The molecule has 1 aromatic heterocycles. The van der Waals surface area contributed by atoms with Crippen LogP contribution in [-0.4, -0.2) is 15.6 Å². The Morgan fingerprint density at radius 3 is 2.48 bits per heavy atom. The monoisotopic (exact) mass is 386 g/mol. The number of amides is 2. The molecule has 2 N–H and O–H groups in total. The quantitative estimate of drug-likeness (QED) is 0.705. The minimum absolute atomic E-state index is 0.122. The Balaban J connectivity index is 1.84. The Hall–Kier alpha value is -3.19. The summed E-state index contributed by atoms with van der Waals surface area (Å²) in [7, 11) is 0. The molecule has 0 saturated carbocycles. The number of aryl methyl sites for hydroxylation is 2. The first-order valence-electron chi connectivity index (χ1n) is 8.03. The van der Waals surface area contributed by atoms with Crippen LogP contribution in [0.1, 0.15) is 11.1 Å². The summed E-state index contributed by atoms with van der Waals surface area (Å²) in [6.45, 7) is 3.87. The number of urea groups is 1. The van der Waals surface area contributed by atoms with Gasteiger partial charge in [-0.1, -0.05) is 17.7 Å². The molecule has 1 heterocycles. The van der Waals surface area contributed by atoms with Crippen molar-refractivity contribution in [3.8, 4) is 5.69 Å². The van der Waals surface area contributed by atoms with Gasteiger partial charge in [0.25, 0.3) is 5.56 Å². The summed E-state index contributed by atoms with van der Waals surface area (Å²) in [6, 6.07) is 8.77. The molecular formula is C19H16ClFN4O2. The largest absolute Gasteiger partial charge is 0.325 e. The number of hydrogen-bond donors (Lipinski definition) is 2. The first-order valence-corrected chi connectivity index (χ1v) is 8.40. The number of anilines is 2. The van der Waals surface area contributed by atoms with Crippen LogP contribution in [0.5, 0.6) is 0 Å². The highest BCUT2D eigenvalue weighted by atomic mass is 35.5. The average Bonchev–Trinajstić information content (AvgIpc) is 2.59. The van der Waals surface area contributed by atoms with Gasteiger partial charge in [0, 0.05) is 23.8 Å². The fourth-order valence-corrected chi connectivity index (χ4v) is 2.81. The van der Waals surface area contributed by atoms with E-state index in [1.165, 1.54) is 29.1 Å². The number of carbonyl (C=O) groups is 1. The third kappa shape index (κ3) is 4.32. The minimum atomic E-state index is -0.694. The molecule has 8 heteroatoms. The van der Waals surface area contributed by atoms with E-state index in [1.807, 2.05) is 32.0 Å². The van der Waals surface area contributed by atoms with Gasteiger partial charge in [-0.2, -0.15) is 0 Å². The molecule has 2 amide bonds. The minimum Gasteiger partial charge on any atom is -0.308 e. The van der Waals surface area contributed by atoms with Crippen molar-refractivity contribution in [3.63, 3.8) is 0 Å². The third-order valence-corrected chi connectivity index (χ3v) is 4.02. The van der Waals surface area contributed by atoms with Gasteiger partial charge in [-0.25, -0.2) is 14.2 Å². The summed E-state index contributed by atoms with van der Waals surface area (Å²) < 4.78 is 14.6. The summed E-state index contributed by atoms with van der Waals surface area (Å²) in [5.74, 6) is -0.731. The molecule has 0 saturated heterocycles. The maximum atomic E-state index is 13.2. The first-order chi connectivity index (χ1) is 12.8. The van der Waals surface area contributed by atoms with Gasteiger partial charge in [0.1, 0.15) is 5.82 Å². The van der Waals surface area contributed by atoms with Crippen LogP contribution in [0.25, 0.3) is 5.69 Å². The number of carbonyl (C=O) groups excluding carboxylic acids is 1. The van der Waals surface area contributed by atoms with E-state index in [4.69, 9.17) is 11.6 Å². The molecule has 0 atom stereocenters. The summed E-state index contributed by atoms with van der Waals surface area (Å²) in [5, 5.41) is 4.75. The van der Waals surface area contributed by atoms with Crippen molar-refractivity contribution < 1.29 is 9.18 Å². The van der Waals surface area contributed by atoms with Crippen molar-refractivity contribution in [2.45, 2.75) is 13.8 Å². The van der Waals surface area contributed by atoms with Gasteiger partial charge in [-0.15, -0.1) is 0 Å². The van der Waals surface area contributed by atoms with Gasteiger partial charge < -0.3 is 5.32 Å². The highest BCUT2D eigenvalue weighted by molar-refractivity contribution is 6.31. The van der Waals surface area contributed by atoms with Crippen molar-refractivity contribution in [3.05, 3.63) is 81.1 Å². The van der Waals surface area contributed by atoms with E-state index < -0.39 is 17.4 Å². The predicted octanol–water partition coefficient (Wildman–Crippen LogP) is 4.29. The fraction of sp³-hybridized carbons (Fsp3) is 0.105. The van der Waals surface area contributed by atoms with Gasteiger partial charge >= 0.3 is 6.03 Å². The molecule has 0 unspecified atom stereocenters. The van der Waals surface area contributed by atoms with Crippen molar-refractivity contribution in [1.29, 1.82) is 0 Å². The Labute approximate surface area is 159 Å². The highest BCUT2D eigenvalue weighted by Crippen LogP contribution is 2.19. The fourth-order valence-electron chi connectivity index (χ4n) is 2.63. The van der Waals surface area contributed by atoms with E-state index in [-0.39, 0.29) is 16.5 Å². The van der Waals surface area contributed by atoms with Crippen LogP contribution in [0.15, 0.2) is 53.6 Å². The molecule has 0 aliphatic heterocycles. The Morgan fingerprint density at radius 2 is 1.81 bits per heavy atom. The lowest BCUT2D eigenvalue weighted by Gasteiger charge is -2.11. The normalized spacial score (nSPS) is 10.5. The van der Waals surface area contributed by atoms with Crippen molar-refractivity contribution in [2.24, 2.45) is 0 Å². The number of benzene rings is 2. The molecule has 0 radical (unpaired) electrons. The van der Waals surface area contributed by atoms with E-state index in [1.54, 1.807) is 0 Å². The lowest BCUT2D eigenvalue weighted by molar-refractivity contribution is 0.262. The summed E-state index contributed by atoms with van der Waals surface area (Å²) >= 11 is 5.68. The molecule has 0 aliphatic carbocycles. The molecule has 2 aromatic carbocycles. The zero-order valence-corrected chi connectivity index (χ0v) is 15.3. The number of rotatable bonds is 3. The standard InChI is InChI=1S/C19H16ClFN4O2/c1-11-7-12(2)9-14(8-11)25-6-5-22-17(18(25)26)24-19(27)23-13-3-4-16(21)15(20)10-13/h3-10H,1-2H3,(H2,22,23,24,27). The van der Waals surface area contributed by atoms with E-state index in [0.717, 1.165) is 17.2 Å². The second-order valence-corrected chi connectivity index (χ2v) is 6.41. The lowest BCUT2D eigenvalue weighted by atomic mass is 10.1. The van der Waals surface area contributed by atoms with Gasteiger partial charge in [0.2, 0.25) is 5.82 Å². The third-order valence-electron chi connectivity index (χ3n) is 3.73. The number of nitrogens with zero attached hydrogens (tertiary/aromatic N) is 2. The van der Waals surface area contributed by atoms with E-state index in [9.17, 15) is 14.0 Å². The Bertz CT molecular complexity index is 1060. The Kier molecular flexibility index (Phi) is 5.23. The number of aromatic nitrogens is 2. The van der Waals surface area contributed by atoms with Crippen LogP contribution in [-0.2, 0) is 0 Å². The smallest absolute Gasteiger partial charge is 0.308 e. The summed E-state index contributed by atoms with van der Waals surface area (Å²) in [6.07, 6.45) is 2.95. The zero-order chi connectivity index (χ0) is 19.6. The molecule has 0 aliphatic rings. The molecule has 0 spiro atoms. The number of hydrogen-bond acceptors (Lipinski definition) is 3. The molecule has 6 nitrogen and oxygen atoms in total. The van der Waals surface area contributed by atoms with E-state index in [0.29, 0.717) is 5.69 Å². The average molecular weight is 387 g/mol. The molecule has 3 rings (SSSR count). The first kappa shape index (κ1) is 18.6. The van der Waals surface area contributed by atoms with Crippen LogP contribution in [0, 0.1) is 19.7 Å². The van der Waals surface area contributed by atoms with Crippen LogP contribution in [0.4, 0.5) is 20.7 Å². The van der Waals surface area contributed by atoms with E-state index in [2.05, 4.69) is 15.6 Å². The highest BCUT2D eigenvalue weighted by Gasteiger charge is 2.11. The van der Waals surface area contributed by atoms with Crippen LogP contribution in [0.3, 0.4) is 0 Å². The van der Waals surface area contributed by atoms with Crippen LogP contribution in [0.2, 0.25) is 5.02 Å². The predicted molar refractivity (Wildman–Crippen MR) is 103 cm³/mol. The van der Waals surface area contributed by atoms with E-state index >= 15 is 0 Å². The molecule has 0 fully saturated rings. The maximum Gasteiger partial charge on any atom is 0.325 e. The SMILES string of the molecule is Cc1cc(C)cc(-n2ccnc(NC(=O)Nc3ccc(F)c(Cl)c3)c2=O)c1. The van der Waals surface area contributed by atoms with Gasteiger partial charge in [0.15, 0.2) is 0 Å². The molecule has 27 heavy (non-hydrogen) atoms.